The Labute approximate surface area is 90.0 Å². The predicted octanol–water partition coefficient (Wildman–Crippen LogP) is 1.75. The third-order valence-corrected chi connectivity index (χ3v) is 2.61. The number of rotatable bonds is 7. The molecule has 1 atom stereocenters. The Bertz CT molecular complexity index is 204. The number of aliphatic carboxylic acids is 1. The highest BCUT2D eigenvalue weighted by molar-refractivity contribution is 7.98. The monoisotopic (exact) mass is 217 g/mol. The molecule has 0 radical (unpaired) electrons. The van der Waals surface area contributed by atoms with Gasteiger partial charge in [0.1, 0.15) is 0 Å². The van der Waals surface area contributed by atoms with Crippen molar-refractivity contribution in [2.75, 3.05) is 18.6 Å². The predicted molar refractivity (Wildman–Crippen MR) is 61.9 cm³/mol. The zero-order chi connectivity index (χ0) is 11.0. The maximum Gasteiger partial charge on any atom is 0.330 e. The van der Waals surface area contributed by atoms with Crippen LogP contribution < -0.4 is 5.32 Å². The molecule has 1 unspecified atom stereocenters. The summed E-state index contributed by atoms with van der Waals surface area (Å²) in [4.78, 5) is 10.4. The van der Waals surface area contributed by atoms with Gasteiger partial charge in [0.05, 0.1) is 0 Å². The molecule has 3 nitrogen and oxygen atoms in total. The van der Waals surface area contributed by atoms with Crippen molar-refractivity contribution in [3.8, 4) is 0 Å². The Kier molecular flexibility index (Phi) is 7.61. The number of carboxylic acid groups (broad SMARTS) is 1. The topological polar surface area (TPSA) is 49.3 Å². The molecule has 0 amide bonds. The van der Waals surface area contributed by atoms with E-state index in [4.69, 9.17) is 5.11 Å². The number of carbonyl (C=O) groups is 1. The van der Waals surface area contributed by atoms with Crippen LogP contribution in [0.3, 0.4) is 0 Å². The molecule has 0 aromatic carbocycles. The summed E-state index contributed by atoms with van der Waals surface area (Å²) in [6.45, 7) is 4.35. The van der Waals surface area contributed by atoms with Crippen LogP contribution in [0.1, 0.15) is 20.3 Å². The van der Waals surface area contributed by atoms with Crippen molar-refractivity contribution in [1.82, 2.24) is 5.32 Å². The fourth-order valence-corrected chi connectivity index (χ4v) is 1.49. The van der Waals surface area contributed by atoms with Gasteiger partial charge in [-0.2, -0.15) is 11.8 Å². The summed E-state index contributed by atoms with van der Waals surface area (Å²) in [5.41, 5.74) is 0.398. The van der Waals surface area contributed by atoms with Crippen LogP contribution in [-0.4, -0.2) is 35.7 Å². The van der Waals surface area contributed by atoms with Crippen LogP contribution in [0, 0.1) is 0 Å². The molecule has 0 saturated heterocycles. The number of nitrogens with one attached hydrogen (secondary N) is 1. The van der Waals surface area contributed by atoms with Gasteiger partial charge in [0.15, 0.2) is 0 Å². The molecule has 0 spiro atoms. The lowest BCUT2D eigenvalue weighted by molar-refractivity contribution is -0.132. The van der Waals surface area contributed by atoms with Crippen LogP contribution in [-0.2, 0) is 4.79 Å². The van der Waals surface area contributed by atoms with Crippen molar-refractivity contribution in [2.24, 2.45) is 0 Å². The highest BCUT2D eigenvalue weighted by atomic mass is 32.2. The fraction of sp³-hybridized carbons (Fsp3) is 0.700. The number of hydrogen-bond acceptors (Lipinski definition) is 3. The summed E-state index contributed by atoms with van der Waals surface area (Å²) in [6.07, 6.45) is 4.90. The maximum absolute atomic E-state index is 10.4. The molecule has 2 N–H and O–H groups in total. The molecule has 0 aliphatic carbocycles. The van der Waals surface area contributed by atoms with E-state index in [0.29, 0.717) is 18.2 Å². The third kappa shape index (κ3) is 6.97. The molecule has 82 valence electrons. The summed E-state index contributed by atoms with van der Waals surface area (Å²) in [5.74, 6) is 0.291. The van der Waals surface area contributed by atoms with Crippen molar-refractivity contribution in [3.63, 3.8) is 0 Å². The molecule has 0 fully saturated rings. The summed E-state index contributed by atoms with van der Waals surface area (Å²) < 4.78 is 0. The molecule has 0 saturated carbocycles. The first-order chi connectivity index (χ1) is 6.57. The molecular weight excluding hydrogens is 198 g/mol. The van der Waals surface area contributed by atoms with E-state index in [1.807, 2.05) is 11.8 Å². The van der Waals surface area contributed by atoms with Crippen molar-refractivity contribution in [3.05, 3.63) is 11.6 Å². The Morgan fingerprint density at radius 1 is 1.64 bits per heavy atom. The lowest BCUT2D eigenvalue weighted by Gasteiger charge is -2.10. The van der Waals surface area contributed by atoms with Crippen molar-refractivity contribution >= 4 is 17.7 Å². The molecule has 0 aliphatic rings. The highest BCUT2D eigenvalue weighted by Gasteiger charge is 2.00. The van der Waals surface area contributed by atoms with Crippen molar-refractivity contribution < 1.29 is 9.90 Å². The van der Waals surface area contributed by atoms with Gasteiger partial charge >= 0.3 is 5.97 Å². The second-order valence-corrected chi connectivity index (χ2v) is 4.27. The Hall–Kier alpha value is -0.480. The normalized spacial score (nSPS) is 14.1. The fourth-order valence-electron chi connectivity index (χ4n) is 0.897. The van der Waals surface area contributed by atoms with Gasteiger partial charge in [-0.3, -0.25) is 0 Å². The van der Waals surface area contributed by atoms with E-state index in [-0.39, 0.29) is 0 Å². The summed E-state index contributed by atoms with van der Waals surface area (Å²) >= 11 is 1.83. The highest BCUT2D eigenvalue weighted by Crippen LogP contribution is 1.99. The minimum atomic E-state index is -0.844. The second kappa shape index (κ2) is 7.88. The Morgan fingerprint density at radius 3 is 2.79 bits per heavy atom. The number of carboxylic acids is 1. The zero-order valence-corrected chi connectivity index (χ0v) is 9.86. The average Bonchev–Trinajstić information content (AvgIpc) is 2.14. The molecule has 0 aromatic heterocycles. The maximum atomic E-state index is 10.4. The van der Waals surface area contributed by atoms with Crippen LogP contribution >= 0.6 is 11.8 Å². The van der Waals surface area contributed by atoms with Gasteiger partial charge in [-0.1, -0.05) is 6.08 Å². The van der Waals surface area contributed by atoms with E-state index in [1.54, 1.807) is 13.0 Å². The molecular formula is C10H19NO2S. The van der Waals surface area contributed by atoms with Gasteiger partial charge in [-0.05, 0) is 32.3 Å². The molecule has 14 heavy (non-hydrogen) atoms. The molecule has 0 heterocycles. The molecule has 0 bridgehead atoms. The first-order valence-electron chi connectivity index (χ1n) is 4.70. The van der Waals surface area contributed by atoms with E-state index in [0.717, 1.165) is 12.2 Å². The quantitative estimate of drug-likeness (QED) is 0.638. The first kappa shape index (κ1) is 13.5. The number of hydrogen-bond donors (Lipinski definition) is 2. The van der Waals surface area contributed by atoms with Crippen molar-refractivity contribution in [1.29, 1.82) is 0 Å². The van der Waals surface area contributed by atoms with Gasteiger partial charge in [-0.15, -0.1) is 0 Å². The second-order valence-electron chi connectivity index (χ2n) is 3.28. The van der Waals surface area contributed by atoms with E-state index < -0.39 is 5.97 Å². The largest absolute Gasteiger partial charge is 0.478 e. The Morgan fingerprint density at radius 2 is 2.29 bits per heavy atom. The van der Waals surface area contributed by atoms with Crippen LogP contribution in [0.15, 0.2) is 11.6 Å². The van der Waals surface area contributed by atoms with E-state index in [9.17, 15) is 4.79 Å². The van der Waals surface area contributed by atoms with Crippen LogP contribution in [0.5, 0.6) is 0 Å². The average molecular weight is 217 g/mol. The SMILES string of the molecule is CSCCC(C)NC/C=C(/C)C(=O)O. The minimum Gasteiger partial charge on any atom is -0.478 e. The molecule has 0 aliphatic heterocycles. The van der Waals surface area contributed by atoms with Crippen molar-refractivity contribution in [2.45, 2.75) is 26.3 Å². The smallest absolute Gasteiger partial charge is 0.330 e. The standard InChI is InChI=1S/C10H19NO2S/c1-8(10(12)13)4-6-11-9(2)5-7-14-3/h4,9,11H,5-7H2,1-3H3,(H,12,13)/b8-4-. The van der Waals surface area contributed by atoms with Gasteiger partial charge in [0, 0.05) is 18.2 Å². The zero-order valence-electron chi connectivity index (χ0n) is 9.04. The molecule has 0 rings (SSSR count). The Balaban J connectivity index is 3.62. The van der Waals surface area contributed by atoms with E-state index in [1.165, 1.54) is 0 Å². The lowest BCUT2D eigenvalue weighted by Crippen LogP contribution is -2.26. The summed E-state index contributed by atoms with van der Waals surface area (Å²) in [7, 11) is 0. The third-order valence-electron chi connectivity index (χ3n) is 1.97. The van der Waals surface area contributed by atoms with Gasteiger partial charge in [0.2, 0.25) is 0 Å². The van der Waals surface area contributed by atoms with Gasteiger partial charge < -0.3 is 10.4 Å². The van der Waals surface area contributed by atoms with Gasteiger partial charge in [-0.25, -0.2) is 4.79 Å². The summed E-state index contributed by atoms with van der Waals surface area (Å²) in [6, 6.07) is 0.445. The number of thioether (sulfide) groups is 1. The molecule has 0 aromatic rings. The van der Waals surface area contributed by atoms with Gasteiger partial charge in [0.25, 0.3) is 0 Å². The van der Waals surface area contributed by atoms with E-state index in [2.05, 4.69) is 18.5 Å². The van der Waals surface area contributed by atoms with Crippen LogP contribution in [0.25, 0.3) is 0 Å². The lowest BCUT2D eigenvalue weighted by atomic mass is 10.2. The first-order valence-corrected chi connectivity index (χ1v) is 6.09. The van der Waals surface area contributed by atoms with Crippen LogP contribution in [0.4, 0.5) is 0 Å². The minimum absolute atomic E-state index is 0.398. The van der Waals surface area contributed by atoms with E-state index >= 15 is 0 Å². The van der Waals surface area contributed by atoms with Crippen LogP contribution in [0.2, 0.25) is 0 Å². The summed E-state index contributed by atoms with van der Waals surface area (Å²) in [5, 5.41) is 11.8. The molecule has 4 heteroatoms.